The Labute approximate surface area is 122 Å². The van der Waals surface area contributed by atoms with E-state index >= 15 is 0 Å². The van der Waals surface area contributed by atoms with Gasteiger partial charge in [0.2, 0.25) is 0 Å². The third kappa shape index (κ3) is 11.4. The first kappa shape index (κ1) is 19.5. The van der Waals surface area contributed by atoms with Crippen LogP contribution in [0.3, 0.4) is 0 Å². The molecule has 120 valence electrons. The molecule has 4 atom stereocenters. The van der Waals surface area contributed by atoms with Crippen LogP contribution < -0.4 is 0 Å². The summed E-state index contributed by atoms with van der Waals surface area (Å²) in [6.45, 7) is 13.3. The Morgan fingerprint density at radius 2 is 1.20 bits per heavy atom. The molecule has 20 heavy (non-hydrogen) atoms. The summed E-state index contributed by atoms with van der Waals surface area (Å²) in [6, 6.07) is 0. The van der Waals surface area contributed by atoms with E-state index in [2.05, 4.69) is 6.58 Å². The standard InChI is InChI=1S/C15H30O5/c1-6-7-17-13(3)9-19-15(5)11-20-14(4)10-18-12(2)8-16/h6,12-16H,1,7-11H2,2-5H3. The van der Waals surface area contributed by atoms with Crippen LogP contribution in [0.15, 0.2) is 12.7 Å². The third-order valence-electron chi connectivity index (χ3n) is 2.60. The average Bonchev–Trinajstić information content (AvgIpc) is 2.45. The quantitative estimate of drug-likeness (QED) is 0.524. The van der Waals surface area contributed by atoms with Gasteiger partial charge in [-0.15, -0.1) is 6.58 Å². The molecule has 0 spiro atoms. The maximum absolute atomic E-state index is 8.85. The highest BCUT2D eigenvalue weighted by Gasteiger charge is 2.10. The summed E-state index contributed by atoms with van der Waals surface area (Å²) in [5.41, 5.74) is 0. The van der Waals surface area contributed by atoms with E-state index in [0.29, 0.717) is 26.4 Å². The second-order valence-electron chi connectivity index (χ2n) is 5.05. The van der Waals surface area contributed by atoms with Gasteiger partial charge < -0.3 is 24.1 Å². The van der Waals surface area contributed by atoms with E-state index < -0.39 is 0 Å². The van der Waals surface area contributed by atoms with E-state index in [9.17, 15) is 0 Å². The first-order chi connectivity index (χ1) is 9.49. The van der Waals surface area contributed by atoms with Crippen molar-refractivity contribution in [1.82, 2.24) is 0 Å². The van der Waals surface area contributed by atoms with Crippen LogP contribution in [0, 0.1) is 0 Å². The molecule has 0 amide bonds. The Morgan fingerprint density at radius 3 is 1.60 bits per heavy atom. The highest BCUT2D eigenvalue weighted by Crippen LogP contribution is 2.01. The molecule has 5 nitrogen and oxygen atoms in total. The lowest BCUT2D eigenvalue weighted by atomic mass is 10.3. The lowest BCUT2D eigenvalue weighted by molar-refractivity contribution is -0.0873. The number of hydrogen-bond donors (Lipinski definition) is 1. The Hall–Kier alpha value is -0.460. The van der Waals surface area contributed by atoms with Crippen LogP contribution in [0.5, 0.6) is 0 Å². The van der Waals surface area contributed by atoms with E-state index in [-0.39, 0.29) is 31.0 Å². The van der Waals surface area contributed by atoms with Crippen molar-refractivity contribution in [2.45, 2.75) is 52.1 Å². The molecule has 0 saturated carbocycles. The number of ether oxygens (including phenoxy) is 4. The van der Waals surface area contributed by atoms with E-state index in [1.165, 1.54) is 0 Å². The highest BCUT2D eigenvalue weighted by atomic mass is 16.6. The van der Waals surface area contributed by atoms with Gasteiger partial charge in [0, 0.05) is 0 Å². The molecule has 4 unspecified atom stereocenters. The van der Waals surface area contributed by atoms with E-state index in [1.807, 2.05) is 27.7 Å². The van der Waals surface area contributed by atoms with Gasteiger partial charge in [-0.2, -0.15) is 0 Å². The average molecular weight is 290 g/mol. The van der Waals surface area contributed by atoms with Gasteiger partial charge in [0.05, 0.1) is 57.5 Å². The van der Waals surface area contributed by atoms with Crippen molar-refractivity contribution in [3.63, 3.8) is 0 Å². The zero-order chi connectivity index (χ0) is 15.4. The van der Waals surface area contributed by atoms with Crippen LogP contribution in [0.4, 0.5) is 0 Å². The van der Waals surface area contributed by atoms with Gasteiger partial charge >= 0.3 is 0 Å². The lowest BCUT2D eigenvalue weighted by Gasteiger charge is -2.20. The minimum atomic E-state index is -0.155. The monoisotopic (exact) mass is 290 g/mol. The van der Waals surface area contributed by atoms with Gasteiger partial charge in [0.1, 0.15) is 0 Å². The molecule has 0 aromatic rings. The van der Waals surface area contributed by atoms with Crippen molar-refractivity contribution in [2.24, 2.45) is 0 Å². The zero-order valence-electron chi connectivity index (χ0n) is 13.2. The summed E-state index contributed by atoms with van der Waals surface area (Å²) >= 11 is 0. The molecular formula is C15H30O5. The van der Waals surface area contributed by atoms with Gasteiger partial charge in [-0.1, -0.05) is 6.08 Å². The van der Waals surface area contributed by atoms with Crippen molar-refractivity contribution in [1.29, 1.82) is 0 Å². The molecule has 0 fully saturated rings. The third-order valence-corrected chi connectivity index (χ3v) is 2.60. The molecule has 1 N–H and O–H groups in total. The van der Waals surface area contributed by atoms with Gasteiger partial charge in [0.15, 0.2) is 0 Å². The molecule has 0 heterocycles. The van der Waals surface area contributed by atoms with Crippen molar-refractivity contribution in [3.8, 4) is 0 Å². The summed E-state index contributed by atoms with van der Waals surface area (Å²) in [4.78, 5) is 0. The molecule has 0 aromatic carbocycles. The first-order valence-electron chi connectivity index (χ1n) is 7.17. The van der Waals surface area contributed by atoms with E-state index in [4.69, 9.17) is 24.1 Å². The molecule has 0 aliphatic heterocycles. The second kappa shape index (κ2) is 12.3. The molecule has 5 heteroatoms. The van der Waals surface area contributed by atoms with E-state index in [0.717, 1.165) is 0 Å². The first-order valence-corrected chi connectivity index (χ1v) is 7.17. The van der Waals surface area contributed by atoms with Crippen LogP contribution in [-0.4, -0.2) is 62.6 Å². The second-order valence-corrected chi connectivity index (χ2v) is 5.05. The van der Waals surface area contributed by atoms with Crippen molar-refractivity contribution < 1.29 is 24.1 Å². The van der Waals surface area contributed by atoms with Crippen LogP contribution in [0.25, 0.3) is 0 Å². The fraction of sp³-hybridized carbons (Fsp3) is 0.867. The van der Waals surface area contributed by atoms with Crippen molar-refractivity contribution in [3.05, 3.63) is 12.7 Å². The molecule has 0 rings (SSSR count). The SMILES string of the molecule is C=CCOC(C)COC(C)COC(C)COC(C)CO. The highest BCUT2D eigenvalue weighted by molar-refractivity contribution is 4.65. The minimum Gasteiger partial charge on any atom is -0.394 e. The fourth-order valence-electron chi connectivity index (χ4n) is 1.33. The van der Waals surface area contributed by atoms with Crippen LogP contribution >= 0.6 is 0 Å². The predicted molar refractivity (Wildman–Crippen MR) is 78.9 cm³/mol. The lowest BCUT2D eigenvalue weighted by Crippen LogP contribution is -2.28. The van der Waals surface area contributed by atoms with Crippen LogP contribution in [0.1, 0.15) is 27.7 Å². The maximum Gasteiger partial charge on any atom is 0.0784 e. The smallest absolute Gasteiger partial charge is 0.0784 e. The summed E-state index contributed by atoms with van der Waals surface area (Å²) < 4.78 is 22.1. The molecule has 0 aromatic heterocycles. The molecule has 0 aliphatic rings. The molecule has 0 aliphatic carbocycles. The molecule has 0 saturated heterocycles. The van der Waals surface area contributed by atoms with Crippen LogP contribution in [0.2, 0.25) is 0 Å². The van der Waals surface area contributed by atoms with Gasteiger partial charge in [-0.3, -0.25) is 0 Å². The largest absolute Gasteiger partial charge is 0.394 e. The molecular weight excluding hydrogens is 260 g/mol. The summed E-state index contributed by atoms with van der Waals surface area (Å²) in [6.07, 6.45) is 1.59. The zero-order valence-corrected chi connectivity index (χ0v) is 13.2. The predicted octanol–water partition coefficient (Wildman–Crippen LogP) is 1.79. The number of aliphatic hydroxyl groups excluding tert-OH is 1. The maximum atomic E-state index is 8.85. The molecule has 0 radical (unpaired) electrons. The summed E-state index contributed by atoms with van der Waals surface area (Å²) in [5, 5.41) is 8.85. The fourth-order valence-corrected chi connectivity index (χ4v) is 1.33. The normalized spacial score (nSPS) is 17.4. The van der Waals surface area contributed by atoms with Crippen molar-refractivity contribution in [2.75, 3.05) is 33.0 Å². The topological polar surface area (TPSA) is 57.2 Å². The summed E-state index contributed by atoms with van der Waals surface area (Å²) in [5.74, 6) is 0. The molecule has 0 bridgehead atoms. The van der Waals surface area contributed by atoms with Gasteiger partial charge in [-0.05, 0) is 27.7 Å². The van der Waals surface area contributed by atoms with Gasteiger partial charge in [0.25, 0.3) is 0 Å². The van der Waals surface area contributed by atoms with Crippen molar-refractivity contribution >= 4 is 0 Å². The minimum absolute atomic E-state index is 0.00231. The Morgan fingerprint density at radius 1 is 0.800 bits per heavy atom. The number of aliphatic hydroxyl groups is 1. The Bertz CT molecular complexity index is 234. The Balaban J connectivity index is 3.60. The summed E-state index contributed by atoms with van der Waals surface area (Å²) in [7, 11) is 0. The van der Waals surface area contributed by atoms with E-state index in [1.54, 1.807) is 6.08 Å². The van der Waals surface area contributed by atoms with Gasteiger partial charge in [-0.25, -0.2) is 0 Å². The number of hydrogen-bond acceptors (Lipinski definition) is 5. The Kier molecular flexibility index (Phi) is 12.0. The van der Waals surface area contributed by atoms with Crippen LogP contribution in [-0.2, 0) is 18.9 Å². The number of rotatable bonds is 13.